The molecule has 1 atom stereocenters. The summed E-state index contributed by atoms with van der Waals surface area (Å²) < 4.78 is 10.9. The highest BCUT2D eigenvalue weighted by atomic mass is 35.5. The number of hydrogen-bond donors (Lipinski definition) is 1. The molecule has 0 bridgehead atoms. The fourth-order valence-electron chi connectivity index (χ4n) is 2.76. The van der Waals surface area contributed by atoms with Crippen molar-refractivity contribution in [2.45, 2.75) is 26.2 Å². The Morgan fingerprint density at radius 2 is 2.16 bits per heavy atom. The Balaban J connectivity index is 2.33. The molecule has 19 heavy (non-hydrogen) atoms. The van der Waals surface area contributed by atoms with Gasteiger partial charge in [0.05, 0.1) is 14.2 Å². The maximum absolute atomic E-state index is 6.29. The minimum absolute atomic E-state index is 0.643. The molecular weight excluding hydrogens is 262 g/mol. The van der Waals surface area contributed by atoms with Gasteiger partial charge in [-0.1, -0.05) is 11.6 Å². The van der Waals surface area contributed by atoms with Crippen LogP contribution in [0, 0.1) is 12.8 Å². The first-order valence-electron chi connectivity index (χ1n) is 6.78. The Bertz CT molecular complexity index is 442. The van der Waals surface area contributed by atoms with E-state index in [1.807, 2.05) is 6.07 Å². The van der Waals surface area contributed by atoms with E-state index >= 15 is 0 Å². The van der Waals surface area contributed by atoms with E-state index in [4.69, 9.17) is 21.1 Å². The van der Waals surface area contributed by atoms with Crippen LogP contribution < -0.4 is 14.8 Å². The first kappa shape index (κ1) is 14.5. The van der Waals surface area contributed by atoms with Crippen LogP contribution in [0.2, 0.25) is 5.02 Å². The number of methoxy groups -OCH3 is 2. The monoisotopic (exact) mass is 283 g/mol. The summed E-state index contributed by atoms with van der Waals surface area (Å²) in [5.74, 6) is 2.19. The third kappa shape index (κ3) is 3.15. The van der Waals surface area contributed by atoms with E-state index in [0.29, 0.717) is 5.92 Å². The molecule has 0 aliphatic carbocycles. The second-order valence-electron chi connectivity index (χ2n) is 5.11. The number of benzene rings is 1. The smallest absolute Gasteiger partial charge is 0.164 e. The maximum Gasteiger partial charge on any atom is 0.164 e. The van der Waals surface area contributed by atoms with Crippen molar-refractivity contribution in [3.8, 4) is 11.5 Å². The van der Waals surface area contributed by atoms with Crippen molar-refractivity contribution in [3.05, 3.63) is 22.2 Å². The fraction of sp³-hybridized carbons (Fsp3) is 0.600. The van der Waals surface area contributed by atoms with Gasteiger partial charge in [-0.25, -0.2) is 0 Å². The molecule has 1 N–H and O–H groups in total. The second kappa shape index (κ2) is 6.49. The average molecular weight is 284 g/mol. The third-order valence-corrected chi connectivity index (χ3v) is 4.27. The second-order valence-corrected chi connectivity index (χ2v) is 5.52. The molecule has 1 unspecified atom stereocenters. The van der Waals surface area contributed by atoms with Crippen molar-refractivity contribution in [1.29, 1.82) is 0 Å². The number of ether oxygens (including phenoxy) is 2. The van der Waals surface area contributed by atoms with Crippen LogP contribution in [-0.2, 0) is 6.42 Å². The molecule has 4 heteroatoms. The van der Waals surface area contributed by atoms with Crippen LogP contribution in [0.1, 0.15) is 24.0 Å². The molecule has 1 fully saturated rings. The van der Waals surface area contributed by atoms with Gasteiger partial charge in [0.1, 0.15) is 0 Å². The summed E-state index contributed by atoms with van der Waals surface area (Å²) in [5.41, 5.74) is 2.28. The summed E-state index contributed by atoms with van der Waals surface area (Å²) in [7, 11) is 3.34. The minimum Gasteiger partial charge on any atom is -0.493 e. The number of nitrogens with one attached hydrogen (secondary N) is 1. The molecule has 3 nitrogen and oxygen atoms in total. The summed E-state index contributed by atoms with van der Waals surface area (Å²) in [5, 5.41) is 4.20. The molecule has 0 radical (unpaired) electrons. The summed E-state index contributed by atoms with van der Waals surface area (Å²) in [6.45, 7) is 4.25. The zero-order valence-electron chi connectivity index (χ0n) is 11.9. The van der Waals surface area contributed by atoms with Gasteiger partial charge in [0.25, 0.3) is 0 Å². The van der Waals surface area contributed by atoms with Crippen LogP contribution in [0.4, 0.5) is 0 Å². The van der Waals surface area contributed by atoms with Crippen LogP contribution >= 0.6 is 11.6 Å². The zero-order valence-corrected chi connectivity index (χ0v) is 12.6. The van der Waals surface area contributed by atoms with Crippen molar-refractivity contribution >= 4 is 11.6 Å². The Labute approximate surface area is 120 Å². The van der Waals surface area contributed by atoms with Gasteiger partial charge in [-0.15, -0.1) is 0 Å². The van der Waals surface area contributed by atoms with Gasteiger partial charge in [0.15, 0.2) is 11.5 Å². The van der Waals surface area contributed by atoms with E-state index in [-0.39, 0.29) is 0 Å². The molecule has 106 valence electrons. The molecule has 1 heterocycles. The van der Waals surface area contributed by atoms with Gasteiger partial charge < -0.3 is 14.8 Å². The normalized spacial score (nSPS) is 19.3. The minimum atomic E-state index is 0.643. The Morgan fingerprint density at radius 3 is 2.74 bits per heavy atom. The lowest BCUT2D eigenvalue weighted by Crippen LogP contribution is -2.31. The topological polar surface area (TPSA) is 30.5 Å². The maximum atomic E-state index is 6.29. The quantitative estimate of drug-likeness (QED) is 0.920. The lowest BCUT2D eigenvalue weighted by Gasteiger charge is -2.25. The van der Waals surface area contributed by atoms with Crippen molar-refractivity contribution in [2.24, 2.45) is 5.92 Å². The molecule has 0 spiro atoms. The fourth-order valence-corrected chi connectivity index (χ4v) is 2.97. The van der Waals surface area contributed by atoms with Crippen molar-refractivity contribution in [3.63, 3.8) is 0 Å². The molecule has 0 aromatic heterocycles. The standard InChI is InChI=1S/C15H22ClNO2/c1-10-12(7-11-5-4-6-17-9-11)15(19-3)14(18-2)8-13(10)16/h8,11,17H,4-7,9H2,1-3H3. The molecule has 1 saturated heterocycles. The van der Waals surface area contributed by atoms with E-state index in [0.717, 1.165) is 41.6 Å². The zero-order chi connectivity index (χ0) is 13.8. The van der Waals surface area contributed by atoms with Crippen LogP contribution in [-0.4, -0.2) is 27.3 Å². The number of hydrogen-bond acceptors (Lipinski definition) is 3. The Kier molecular flexibility index (Phi) is 4.94. The van der Waals surface area contributed by atoms with E-state index in [1.54, 1.807) is 14.2 Å². The molecule has 1 aliphatic heterocycles. The number of halogens is 1. The molecule has 0 amide bonds. The molecular formula is C15H22ClNO2. The van der Waals surface area contributed by atoms with Crippen molar-refractivity contribution in [2.75, 3.05) is 27.3 Å². The Hall–Kier alpha value is -0.930. The van der Waals surface area contributed by atoms with Gasteiger partial charge in [-0.2, -0.15) is 0 Å². The predicted octanol–water partition coefficient (Wildman–Crippen LogP) is 3.21. The van der Waals surface area contributed by atoms with Gasteiger partial charge >= 0.3 is 0 Å². The molecule has 1 aliphatic rings. The summed E-state index contributed by atoms with van der Waals surface area (Å²) in [6, 6.07) is 1.83. The van der Waals surface area contributed by atoms with Gasteiger partial charge in [-0.3, -0.25) is 0 Å². The van der Waals surface area contributed by atoms with Crippen LogP contribution in [0.5, 0.6) is 11.5 Å². The lowest BCUT2D eigenvalue weighted by molar-refractivity contribution is 0.340. The van der Waals surface area contributed by atoms with Gasteiger partial charge in [-0.05, 0) is 50.8 Å². The first-order chi connectivity index (χ1) is 9.17. The largest absolute Gasteiger partial charge is 0.493 e. The Morgan fingerprint density at radius 1 is 1.37 bits per heavy atom. The SMILES string of the molecule is COc1cc(Cl)c(C)c(CC2CCCNC2)c1OC. The number of piperidine rings is 1. The van der Waals surface area contributed by atoms with Crippen molar-refractivity contribution in [1.82, 2.24) is 5.32 Å². The lowest BCUT2D eigenvalue weighted by atomic mass is 9.90. The summed E-state index contributed by atoms with van der Waals surface area (Å²) in [4.78, 5) is 0. The predicted molar refractivity (Wildman–Crippen MR) is 78.6 cm³/mol. The van der Waals surface area contributed by atoms with Gasteiger partial charge in [0, 0.05) is 16.7 Å². The summed E-state index contributed by atoms with van der Waals surface area (Å²) in [6.07, 6.45) is 3.48. The summed E-state index contributed by atoms with van der Waals surface area (Å²) >= 11 is 6.29. The molecule has 0 saturated carbocycles. The highest BCUT2D eigenvalue weighted by Gasteiger charge is 2.21. The van der Waals surface area contributed by atoms with Crippen LogP contribution in [0.3, 0.4) is 0 Å². The van der Waals surface area contributed by atoms with Crippen molar-refractivity contribution < 1.29 is 9.47 Å². The highest BCUT2D eigenvalue weighted by molar-refractivity contribution is 6.31. The van der Waals surface area contributed by atoms with E-state index in [9.17, 15) is 0 Å². The average Bonchev–Trinajstić information content (AvgIpc) is 2.44. The van der Waals surface area contributed by atoms with E-state index < -0.39 is 0 Å². The molecule has 1 aromatic rings. The molecule has 1 aromatic carbocycles. The molecule has 2 rings (SSSR count). The van der Waals surface area contributed by atoms with Crippen LogP contribution in [0.15, 0.2) is 6.07 Å². The number of rotatable bonds is 4. The van der Waals surface area contributed by atoms with Gasteiger partial charge in [0.2, 0.25) is 0 Å². The van der Waals surface area contributed by atoms with E-state index in [1.165, 1.54) is 18.4 Å². The third-order valence-electron chi connectivity index (χ3n) is 3.88. The highest BCUT2D eigenvalue weighted by Crippen LogP contribution is 2.39. The van der Waals surface area contributed by atoms with Crippen LogP contribution in [0.25, 0.3) is 0 Å². The first-order valence-corrected chi connectivity index (χ1v) is 7.15. The van der Waals surface area contributed by atoms with E-state index in [2.05, 4.69) is 12.2 Å².